The van der Waals surface area contributed by atoms with Crippen LogP contribution in [0.5, 0.6) is 0 Å². The molecule has 106 valence electrons. The minimum atomic E-state index is -4.79. The summed E-state index contributed by atoms with van der Waals surface area (Å²) in [5.41, 5.74) is 3.78. The topological polar surface area (TPSA) is 55.1 Å². The molecule has 0 saturated heterocycles. The quantitative estimate of drug-likeness (QED) is 0.642. The normalized spacial score (nSPS) is 11.4. The number of hydrogen-bond donors (Lipinski definition) is 2. The highest BCUT2D eigenvalue weighted by Gasteiger charge is 2.34. The molecule has 0 aromatic heterocycles. The number of amides is 1. The molecule has 19 heavy (non-hydrogen) atoms. The molecular weight excluding hydrogens is 264 g/mol. The second-order valence-electron chi connectivity index (χ2n) is 3.99. The molecule has 0 atom stereocenters. The highest BCUT2D eigenvalue weighted by molar-refractivity contribution is 5.90. The minimum absolute atomic E-state index is 0.0773. The van der Waals surface area contributed by atoms with E-state index in [1.54, 1.807) is 0 Å². The molecule has 0 bridgehead atoms. The van der Waals surface area contributed by atoms with Crippen LogP contribution in [0.1, 0.15) is 24.8 Å². The predicted octanol–water partition coefficient (Wildman–Crippen LogP) is 2.91. The average Bonchev–Trinajstić information content (AvgIpc) is 2.30. The van der Waals surface area contributed by atoms with E-state index in [9.17, 15) is 22.4 Å². The molecule has 1 amide bonds. The van der Waals surface area contributed by atoms with Gasteiger partial charge in [-0.1, -0.05) is 0 Å². The Morgan fingerprint density at radius 3 is 2.53 bits per heavy atom. The molecule has 0 aliphatic rings. The van der Waals surface area contributed by atoms with Gasteiger partial charge >= 0.3 is 6.18 Å². The number of hydrogen-bond acceptors (Lipinski definition) is 2. The zero-order valence-electron chi connectivity index (χ0n) is 10.1. The number of unbranched alkanes of at least 4 members (excludes halogenated alkanes) is 1. The van der Waals surface area contributed by atoms with Crippen molar-refractivity contribution in [2.75, 3.05) is 11.9 Å². The second kappa shape index (κ2) is 6.51. The molecule has 0 aliphatic carbocycles. The lowest BCUT2D eigenvalue weighted by Gasteiger charge is -2.11. The van der Waals surface area contributed by atoms with Crippen LogP contribution in [-0.2, 0) is 11.0 Å². The van der Waals surface area contributed by atoms with Gasteiger partial charge < -0.3 is 11.1 Å². The summed E-state index contributed by atoms with van der Waals surface area (Å²) in [4.78, 5) is 11.4. The Morgan fingerprint density at radius 1 is 1.26 bits per heavy atom. The Labute approximate surface area is 107 Å². The zero-order valence-corrected chi connectivity index (χ0v) is 10.1. The third-order valence-corrected chi connectivity index (χ3v) is 2.41. The lowest BCUT2D eigenvalue weighted by Crippen LogP contribution is -2.14. The fourth-order valence-electron chi connectivity index (χ4n) is 1.47. The van der Waals surface area contributed by atoms with E-state index in [1.165, 1.54) is 0 Å². The summed E-state index contributed by atoms with van der Waals surface area (Å²) in [6.07, 6.45) is -3.42. The van der Waals surface area contributed by atoms with Crippen molar-refractivity contribution in [2.24, 2.45) is 5.73 Å². The van der Waals surface area contributed by atoms with Crippen LogP contribution in [0.15, 0.2) is 18.2 Å². The second-order valence-corrected chi connectivity index (χ2v) is 3.99. The fraction of sp³-hybridized carbons (Fsp3) is 0.417. The summed E-state index contributed by atoms with van der Waals surface area (Å²) in [6.45, 7) is 0.446. The summed E-state index contributed by atoms with van der Waals surface area (Å²) < 4.78 is 50.3. The Hall–Kier alpha value is -1.63. The Kier molecular flexibility index (Phi) is 5.29. The largest absolute Gasteiger partial charge is 0.419 e. The van der Waals surface area contributed by atoms with Crippen LogP contribution in [0.4, 0.5) is 23.2 Å². The molecule has 0 fully saturated rings. The smallest absolute Gasteiger partial charge is 0.330 e. The van der Waals surface area contributed by atoms with E-state index < -0.39 is 23.5 Å². The molecule has 0 heterocycles. The number of halogens is 4. The van der Waals surface area contributed by atoms with Crippen molar-refractivity contribution >= 4 is 11.6 Å². The first-order valence-electron chi connectivity index (χ1n) is 5.71. The molecule has 3 nitrogen and oxygen atoms in total. The maximum Gasteiger partial charge on any atom is 0.419 e. The highest BCUT2D eigenvalue weighted by atomic mass is 19.4. The maximum atomic E-state index is 13.0. The van der Waals surface area contributed by atoms with Gasteiger partial charge in [-0.05, 0) is 37.6 Å². The third kappa shape index (κ3) is 4.86. The molecule has 3 N–H and O–H groups in total. The first-order valence-corrected chi connectivity index (χ1v) is 5.71. The van der Waals surface area contributed by atoms with Crippen molar-refractivity contribution in [3.05, 3.63) is 29.6 Å². The summed E-state index contributed by atoms with van der Waals surface area (Å²) in [5, 5.41) is 2.29. The SMILES string of the molecule is NCCCCC(=O)Nc1ccc(F)c(C(F)(F)F)c1. The van der Waals surface area contributed by atoms with Crippen molar-refractivity contribution in [2.45, 2.75) is 25.4 Å². The molecule has 1 aromatic carbocycles. The summed E-state index contributed by atoms with van der Waals surface area (Å²) in [7, 11) is 0. The molecule has 1 aromatic rings. The highest BCUT2D eigenvalue weighted by Crippen LogP contribution is 2.32. The zero-order chi connectivity index (χ0) is 14.5. The number of rotatable bonds is 5. The van der Waals surface area contributed by atoms with Gasteiger partial charge in [0.05, 0.1) is 5.56 Å². The maximum absolute atomic E-state index is 13.0. The molecule has 0 unspecified atom stereocenters. The molecule has 7 heteroatoms. The standard InChI is InChI=1S/C12H14F4N2O/c13-10-5-4-8(7-9(10)12(14,15)16)18-11(19)3-1-2-6-17/h4-5,7H,1-3,6,17H2,(H,18,19). The van der Waals surface area contributed by atoms with Gasteiger partial charge in [0.2, 0.25) is 5.91 Å². The van der Waals surface area contributed by atoms with Crippen LogP contribution < -0.4 is 11.1 Å². The van der Waals surface area contributed by atoms with Crippen LogP contribution in [0.2, 0.25) is 0 Å². The summed E-state index contributed by atoms with van der Waals surface area (Å²) in [6, 6.07) is 2.35. The van der Waals surface area contributed by atoms with Crippen molar-refractivity contribution < 1.29 is 22.4 Å². The monoisotopic (exact) mass is 278 g/mol. The number of nitrogens with one attached hydrogen (secondary N) is 1. The van der Waals surface area contributed by atoms with E-state index in [0.29, 0.717) is 31.5 Å². The number of nitrogens with two attached hydrogens (primary N) is 1. The van der Waals surface area contributed by atoms with Crippen LogP contribution in [0, 0.1) is 5.82 Å². The van der Waals surface area contributed by atoms with Gasteiger partial charge in [-0.15, -0.1) is 0 Å². The van der Waals surface area contributed by atoms with E-state index in [4.69, 9.17) is 5.73 Å². The third-order valence-electron chi connectivity index (χ3n) is 2.41. The van der Waals surface area contributed by atoms with E-state index in [2.05, 4.69) is 5.32 Å². The van der Waals surface area contributed by atoms with Gasteiger partial charge in [0, 0.05) is 12.1 Å². The van der Waals surface area contributed by atoms with Crippen molar-refractivity contribution in [3.63, 3.8) is 0 Å². The Bertz CT molecular complexity index is 446. The lowest BCUT2D eigenvalue weighted by molar-refractivity contribution is -0.140. The van der Waals surface area contributed by atoms with Gasteiger partial charge in [0.25, 0.3) is 0 Å². The van der Waals surface area contributed by atoms with Crippen molar-refractivity contribution in [1.82, 2.24) is 0 Å². The van der Waals surface area contributed by atoms with Gasteiger partial charge in [-0.3, -0.25) is 4.79 Å². The van der Waals surface area contributed by atoms with Crippen LogP contribution in [-0.4, -0.2) is 12.5 Å². The van der Waals surface area contributed by atoms with E-state index >= 15 is 0 Å². The van der Waals surface area contributed by atoms with Gasteiger partial charge in [0.15, 0.2) is 0 Å². The minimum Gasteiger partial charge on any atom is -0.330 e. The number of anilines is 1. The molecule has 0 saturated carbocycles. The number of benzene rings is 1. The van der Waals surface area contributed by atoms with Gasteiger partial charge in [0.1, 0.15) is 5.82 Å². The molecular formula is C12H14F4N2O. The first kappa shape index (κ1) is 15.4. The first-order chi connectivity index (χ1) is 8.84. The Morgan fingerprint density at radius 2 is 1.95 bits per heavy atom. The van der Waals surface area contributed by atoms with Crippen LogP contribution >= 0.6 is 0 Å². The molecule has 0 spiro atoms. The number of carbonyl (C=O) groups excluding carboxylic acids is 1. The fourth-order valence-corrected chi connectivity index (χ4v) is 1.47. The van der Waals surface area contributed by atoms with Gasteiger partial charge in [-0.25, -0.2) is 4.39 Å². The van der Waals surface area contributed by atoms with Gasteiger partial charge in [-0.2, -0.15) is 13.2 Å². The molecule has 0 radical (unpaired) electrons. The van der Waals surface area contributed by atoms with Crippen LogP contribution in [0.3, 0.4) is 0 Å². The lowest BCUT2D eigenvalue weighted by atomic mass is 10.1. The summed E-state index contributed by atoms with van der Waals surface area (Å²) >= 11 is 0. The number of alkyl halides is 3. The Balaban J connectivity index is 2.72. The van der Waals surface area contributed by atoms with Crippen molar-refractivity contribution in [1.29, 1.82) is 0 Å². The molecule has 1 rings (SSSR count). The van der Waals surface area contributed by atoms with E-state index in [1.807, 2.05) is 0 Å². The summed E-state index contributed by atoms with van der Waals surface area (Å²) in [5.74, 6) is -1.79. The predicted molar refractivity (Wildman–Crippen MR) is 62.9 cm³/mol. The molecule has 0 aliphatic heterocycles. The van der Waals surface area contributed by atoms with Crippen LogP contribution in [0.25, 0.3) is 0 Å². The van der Waals surface area contributed by atoms with E-state index in [0.717, 1.165) is 6.07 Å². The average molecular weight is 278 g/mol. The van der Waals surface area contributed by atoms with Crippen molar-refractivity contribution in [3.8, 4) is 0 Å². The number of carbonyl (C=O) groups is 1. The van der Waals surface area contributed by atoms with E-state index in [-0.39, 0.29) is 12.1 Å².